The molecule has 1 aliphatic rings. The van der Waals surface area contributed by atoms with E-state index in [0.717, 1.165) is 18.2 Å². The van der Waals surface area contributed by atoms with Crippen molar-refractivity contribution in [1.29, 1.82) is 0 Å². The highest BCUT2D eigenvalue weighted by molar-refractivity contribution is 6.19. The number of hydrogen-bond acceptors (Lipinski definition) is 3. The Morgan fingerprint density at radius 1 is 1.41 bits per heavy atom. The molecule has 2 N–H and O–H groups in total. The van der Waals surface area contributed by atoms with Crippen LogP contribution in [0.25, 0.3) is 0 Å². The van der Waals surface area contributed by atoms with Crippen molar-refractivity contribution in [3.63, 3.8) is 0 Å². The summed E-state index contributed by atoms with van der Waals surface area (Å²) >= 11 is 0. The molecule has 0 aromatic heterocycles. The first-order valence-electron chi connectivity index (χ1n) is 4.64. The molecule has 3 amide bonds. The number of nitrogens with zero attached hydrogens (tertiary/aromatic N) is 1. The van der Waals surface area contributed by atoms with Crippen LogP contribution in [-0.2, 0) is 4.79 Å². The summed E-state index contributed by atoms with van der Waals surface area (Å²) in [5, 5.41) is 10.9. The van der Waals surface area contributed by atoms with Crippen LogP contribution in [0, 0.1) is 5.82 Å². The minimum Gasteiger partial charge on any atom is -0.478 e. The molecular weight excluding hydrogens is 231 g/mol. The van der Waals surface area contributed by atoms with Gasteiger partial charge in [0.25, 0.3) is 5.91 Å². The zero-order valence-electron chi connectivity index (χ0n) is 8.44. The van der Waals surface area contributed by atoms with Crippen LogP contribution in [0.1, 0.15) is 10.4 Å². The van der Waals surface area contributed by atoms with Crippen molar-refractivity contribution in [2.45, 2.75) is 0 Å². The Morgan fingerprint density at radius 2 is 2.12 bits per heavy atom. The lowest BCUT2D eigenvalue weighted by atomic mass is 10.2. The maximum Gasteiger partial charge on any atom is 0.335 e. The van der Waals surface area contributed by atoms with E-state index in [0.29, 0.717) is 4.90 Å². The van der Waals surface area contributed by atoms with Gasteiger partial charge in [0.05, 0.1) is 17.8 Å². The molecule has 7 heteroatoms. The van der Waals surface area contributed by atoms with Crippen molar-refractivity contribution >= 4 is 23.6 Å². The lowest BCUT2D eigenvalue weighted by Crippen LogP contribution is -2.31. The Balaban J connectivity index is 2.43. The van der Waals surface area contributed by atoms with E-state index in [9.17, 15) is 18.8 Å². The number of carbonyl (C=O) groups excluding carboxylic acids is 2. The molecule has 1 heterocycles. The molecule has 1 fully saturated rings. The third-order valence-electron chi connectivity index (χ3n) is 2.28. The molecule has 0 saturated carbocycles. The average Bonchev–Trinajstić information content (AvgIpc) is 2.59. The summed E-state index contributed by atoms with van der Waals surface area (Å²) in [5.41, 5.74) is -0.506. The predicted octanol–water partition coefficient (Wildman–Crippen LogP) is 0.580. The van der Waals surface area contributed by atoms with E-state index in [1.807, 2.05) is 0 Å². The number of hydrogen-bond donors (Lipinski definition) is 2. The van der Waals surface area contributed by atoms with Gasteiger partial charge in [-0.1, -0.05) is 0 Å². The first kappa shape index (κ1) is 11.1. The molecule has 1 saturated heterocycles. The van der Waals surface area contributed by atoms with E-state index in [4.69, 9.17) is 5.11 Å². The van der Waals surface area contributed by atoms with Gasteiger partial charge in [0.2, 0.25) is 0 Å². The van der Waals surface area contributed by atoms with Gasteiger partial charge in [0.1, 0.15) is 5.82 Å². The number of imide groups is 1. The average molecular weight is 238 g/mol. The number of rotatable bonds is 2. The predicted molar refractivity (Wildman–Crippen MR) is 54.2 cm³/mol. The normalized spacial score (nSPS) is 15.0. The van der Waals surface area contributed by atoms with Crippen molar-refractivity contribution < 1.29 is 23.9 Å². The standard InChI is InChI=1S/C10H7FN2O4/c11-6-3-5(9(15)16)1-2-7(6)13-8(14)4-12-10(13)17/h1-3H,4H2,(H,12,17)(H,15,16). The molecule has 88 valence electrons. The highest BCUT2D eigenvalue weighted by Gasteiger charge is 2.32. The molecule has 17 heavy (non-hydrogen) atoms. The largest absolute Gasteiger partial charge is 0.478 e. The van der Waals surface area contributed by atoms with Gasteiger partial charge < -0.3 is 10.4 Å². The minimum absolute atomic E-state index is 0.195. The first-order valence-corrected chi connectivity index (χ1v) is 4.64. The third kappa shape index (κ3) is 1.82. The monoisotopic (exact) mass is 238 g/mol. The van der Waals surface area contributed by atoms with Gasteiger partial charge in [-0.2, -0.15) is 0 Å². The van der Waals surface area contributed by atoms with Crippen LogP contribution >= 0.6 is 0 Å². The van der Waals surface area contributed by atoms with Gasteiger partial charge in [0.15, 0.2) is 0 Å². The fourth-order valence-electron chi connectivity index (χ4n) is 1.49. The number of anilines is 1. The number of benzene rings is 1. The van der Waals surface area contributed by atoms with E-state index < -0.39 is 23.7 Å². The van der Waals surface area contributed by atoms with Crippen LogP contribution in [0.3, 0.4) is 0 Å². The van der Waals surface area contributed by atoms with E-state index in [1.54, 1.807) is 0 Å². The molecule has 1 aromatic rings. The fraction of sp³-hybridized carbons (Fsp3) is 0.100. The topological polar surface area (TPSA) is 86.7 Å². The highest BCUT2D eigenvalue weighted by Crippen LogP contribution is 2.22. The summed E-state index contributed by atoms with van der Waals surface area (Å²) in [6.45, 7) is -0.195. The van der Waals surface area contributed by atoms with Crippen LogP contribution in [0.2, 0.25) is 0 Å². The number of carboxylic acids is 1. The summed E-state index contributed by atoms with van der Waals surface area (Å²) in [4.78, 5) is 33.8. The smallest absolute Gasteiger partial charge is 0.335 e. The maximum absolute atomic E-state index is 13.6. The van der Waals surface area contributed by atoms with Crippen LogP contribution in [0.15, 0.2) is 18.2 Å². The van der Waals surface area contributed by atoms with Crippen molar-refractivity contribution in [1.82, 2.24) is 5.32 Å². The molecule has 1 aliphatic heterocycles. The second kappa shape index (κ2) is 3.85. The second-order valence-electron chi connectivity index (χ2n) is 3.36. The van der Waals surface area contributed by atoms with Crippen molar-refractivity contribution in [3.8, 4) is 0 Å². The van der Waals surface area contributed by atoms with Gasteiger partial charge >= 0.3 is 12.0 Å². The van der Waals surface area contributed by atoms with E-state index >= 15 is 0 Å². The summed E-state index contributed by atoms with van der Waals surface area (Å²) in [7, 11) is 0. The van der Waals surface area contributed by atoms with E-state index in [1.165, 1.54) is 0 Å². The molecular formula is C10H7FN2O4. The van der Waals surface area contributed by atoms with Gasteiger partial charge in [-0.15, -0.1) is 0 Å². The molecule has 0 spiro atoms. The lowest BCUT2D eigenvalue weighted by molar-refractivity contribution is -0.115. The Kier molecular flexibility index (Phi) is 2.51. The Hall–Kier alpha value is -2.44. The van der Waals surface area contributed by atoms with Crippen LogP contribution in [0.4, 0.5) is 14.9 Å². The SMILES string of the molecule is O=C(O)c1ccc(N2C(=O)CNC2=O)c(F)c1. The van der Waals surface area contributed by atoms with Crippen molar-refractivity contribution in [2.75, 3.05) is 11.4 Å². The number of nitrogens with one attached hydrogen (secondary N) is 1. The number of aromatic carboxylic acids is 1. The Morgan fingerprint density at radius 3 is 2.59 bits per heavy atom. The molecule has 1 aromatic carbocycles. The second-order valence-corrected chi connectivity index (χ2v) is 3.36. The Labute approximate surface area is 94.6 Å². The number of amides is 3. The molecule has 2 rings (SSSR count). The van der Waals surface area contributed by atoms with E-state index in [2.05, 4.69) is 5.32 Å². The summed E-state index contributed by atoms with van der Waals surface area (Å²) in [5.74, 6) is -2.81. The minimum atomic E-state index is -1.28. The summed E-state index contributed by atoms with van der Waals surface area (Å²) in [6.07, 6.45) is 0. The number of carboxylic acid groups (broad SMARTS) is 1. The number of urea groups is 1. The molecule has 0 unspecified atom stereocenters. The maximum atomic E-state index is 13.6. The van der Waals surface area contributed by atoms with Crippen LogP contribution < -0.4 is 10.2 Å². The summed E-state index contributed by atoms with van der Waals surface area (Å²) < 4.78 is 13.6. The van der Waals surface area contributed by atoms with Crippen molar-refractivity contribution in [2.24, 2.45) is 0 Å². The van der Waals surface area contributed by atoms with Gasteiger partial charge in [-0.3, -0.25) is 4.79 Å². The Bertz CT molecular complexity index is 513. The molecule has 0 atom stereocenters. The molecule has 0 bridgehead atoms. The van der Waals surface area contributed by atoms with E-state index in [-0.39, 0.29) is 17.8 Å². The van der Waals surface area contributed by atoms with Crippen LogP contribution in [-0.4, -0.2) is 29.6 Å². The van der Waals surface area contributed by atoms with Gasteiger partial charge in [0, 0.05) is 0 Å². The van der Waals surface area contributed by atoms with Gasteiger partial charge in [-0.05, 0) is 18.2 Å². The molecule has 0 radical (unpaired) electrons. The number of carbonyl (C=O) groups is 3. The number of halogens is 1. The fourth-order valence-corrected chi connectivity index (χ4v) is 1.49. The highest BCUT2D eigenvalue weighted by atomic mass is 19.1. The third-order valence-corrected chi connectivity index (χ3v) is 2.28. The lowest BCUT2D eigenvalue weighted by Gasteiger charge is -2.13. The first-order chi connectivity index (χ1) is 8.00. The summed E-state index contributed by atoms with van der Waals surface area (Å²) in [6, 6.07) is 2.24. The van der Waals surface area contributed by atoms with Crippen molar-refractivity contribution in [3.05, 3.63) is 29.6 Å². The molecule has 6 nitrogen and oxygen atoms in total. The van der Waals surface area contributed by atoms with Crippen LogP contribution in [0.5, 0.6) is 0 Å². The van der Waals surface area contributed by atoms with Gasteiger partial charge in [-0.25, -0.2) is 18.9 Å². The quantitative estimate of drug-likeness (QED) is 0.738. The zero-order chi connectivity index (χ0) is 12.6. The molecule has 0 aliphatic carbocycles. The zero-order valence-corrected chi connectivity index (χ0v) is 8.44.